The van der Waals surface area contributed by atoms with Crippen LogP contribution in [0.25, 0.3) is 0 Å². The fraction of sp³-hybridized carbons (Fsp3) is 0.682. The number of likely N-dealkylation sites (tertiary alicyclic amines) is 1. The minimum Gasteiger partial charge on any atom is -0.508 e. The normalized spacial score (nSPS) is 37.5. The number of nitrogens with zero attached hydrogens (tertiary/aromatic N) is 1. The van der Waals surface area contributed by atoms with Crippen molar-refractivity contribution < 1.29 is 9.90 Å². The summed E-state index contributed by atoms with van der Waals surface area (Å²) in [5.74, 6) is 2.80. The summed E-state index contributed by atoms with van der Waals surface area (Å²) >= 11 is 0. The highest BCUT2D eigenvalue weighted by Crippen LogP contribution is 2.58. The summed E-state index contributed by atoms with van der Waals surface area (Å²) in [6.07, 6.45) is 7.54. The third kappa shape index (κ3) is 2.38. The Bertz CT molecular complexity index is 710. The van der Waals surface area contributed by atoms with E-state index in [0.29, 0.717) is 35.8 Å². The second-order valence-electron chi connectivity index (χ2n) is 9.07. The van der Waals surface area contributed by atoms with E-state index < -0.39 is 0 Å². The smallest absolute Gasteiger partial charge is 0.134 e. The molecule has 1 saturated heterocycles. The van der Waals surface area contributed by atoms with Crippen molar-refractivity contribution in [2.24, 2.45) is 17.8 Å². The fourth-order valence-corrected chi connectivity index (χ4v) is 6.44. The number of fused-ring (bicyclic) bond motifs is 1. The van der Waals surface area contributed by atoms with Crippen molar-refractivity contribution >= 4 is 5.78 Å². The summed E-state index contributed by atoms with van der Waals surface area (Å²) in [6.45, 7) is 4.64. The molecule has 1 heterocycles. The third-order valence-electron chi connectivity index (χ3n) is 7.65. The molecule has 134 valence electrons. The van der Waals surface area contributed by atoms with E-state index in [1.165, 1.54) is 30.5 Å². The van der Waals surface area contributed by atoms with Crippen molar-refractivity contribution in [3.8, 4) is 5.75 Å². The molecule has 2 unspecified atom stereocenters. The zero-order valence-corrected chi connectivity index (χ0v) is 15.2. The van der Waals surface area contributed by atoms with Crippen LogP contribution < -0.4 is 0 Å². The molecule has 1 aromatic carbocycles. The summed E-state index contributed by atoms with van der Waals surface area (Å²) in [7, 11) is 0. The van der Waals surface area contributed by atoms with Gasteiger partial charge in [-0.15, -0.1) is 0 Å². The van der Waals surface area contributed by atoms with Gasteiger partial charge in [0.15, 0.2) is 0 Å². The van der Waals surface area contributed by atoms with Crippen LogP contribution in [0.2, 0.25) is 0 Å². The average Bonchev–Trinajstić information content (AvgIpc) is 3.41. The summed E-state index contributed by atoms with van der Waals surface area (Å²) in [4.78, 5) is 15.4. The number of rotatable bonds is 3. The second-order valence-corrected chi connectivity index (χ2v) is 9.07. The number of benzene rings is 1. The number of phenolic OH excluding ortho intramolecular Hbond substituents is 1. The van der Waals surface area contributed by atoms with Crippen LogP contribution in [0.3, 0.4) is 0 Å². The van der Waals surface area contributed by atoms with Crippen LogP contribution in [-0.4, -0.2) is 34.9 Å². The quantitative estimate of drug-likeness (QED) is 0.913. The van der Waals surface area contributed by atoms with Crippen molar-refractivity contribution in [2.75, 3.05) is 13.1 Å². The van der Waals surface area contributed by atoms with E-state index in [2.05, 4.69) is 17.9 Å². The lowest BCUT2D eigenvalue weighted by molar-refractivity contribution is -0.132. The topological polar surface area (TPSA) is 40.5 Å². The Morgan fingerprint density at radius 3 is 2.88 bits per heavy atom. The Labute approximate surface area is 150 Å². The standard InChI is InChI=1S/C22H29NO2/c1-2-15-9-18(25)12-22-7-8-23(13-14-3-4-14)20(21(15)22)10-16-5-6-17(24)11-19(16)22/h5-6,11,14-15,20-21,24H,2-4,7-10,12-13H2,1H3/t15-,20?,21-,22?/m0/s1. The van der Waals surface area contributed by atoms with Gasteiger partial charge in [-0.2, -0.15) is 0 Å². The van der Waals surface area contributed by atoms with Crippen molar-refractivity contribution in [3.63, 3.8) is 0 Å². The van der Waals surface area contributed by atoms with Gasteiger partial charge in [0.2, 0.25) is 0 Å². The number of hydrogen-bond donors (Lipinski definition) is 1. The maximum atomic E-state index is 12.7. The number of carbonyl (C=O) groups excluding carboxylic acids is 1. The molecule has 2 bridgehead atoms. The maximum absolute atomic E-state index is 12.7. The van der Waals surface area contributed by atoms with Gasteiger partial charge in [-0.05, 0) is 73.2 Å². The molecule has 0 amide bonds. The zero-order valence-electron chi connectivity index (χ0n) is 15.2. The van der Waals surface area contributed by atoms with Crippen molar-refractivity contribution in [2.45, 2.75) is 63.3 Å². The molecule has 5 rings (SSSR count). The molecule has 1 aromatic rings. The predicted molar refractivity (Wildman–Crippen MR) is 97.7 cm³/mol. The van der Waals surface area contributed by atoms with E-state index in [0.717, 1.165) is 38.1 Å². The SMILES string of the molecule is CC[C@H]1CC(=O)CC23CCN(CC4CC4)C(Cc4ccc(O)cc42)[C@H]13. The van der Waals surface area contributed by atoms with Gasteiger partial charge in [0.1, 0.15) is 11.5 Å². The molecule has 3 fully saturated rings. The molecular formula is C22H29NO2. The van der Waals surface area contributed by atoms with Gasteiger partial charge >= 0.3 is 0 Å². The number of carbonyl (C=O) groups is 1. The highest BCUT2D eigenvalue weighted by atomic mass is 16.3. The number of Topliss-reactive ketones (excluding diaryl/α,β-unsaturated/α-hetero) is 1. The molecule has 0 aromatic heterocycles. The van der Waals surface area contributed by atoms with Crippen molar-refractivity contribution in [1.29, 1.82) is 0 Å². The van der Waals surface area contributed by atoms with E-state index in [9.17, 15) is 9.90 Å². The highest BCUT2D eigenvalue weighted by Gasteiger charge is 2.58. The minimum atomic E-state index is -0.0208. The van der Waals surface area contributed by atoms with Crippen LogP contribution in [0.15, 0.2) is 18.2 Å². The molecule has 3 nitrogen and oxygen atoms in total. The Morgan fingerprint density at radius 1 is 1.28 bits per heavy atom. The highest BCUT2D eigenvalue weighted by molar-refractivity contribution is 5.82. The first-order valence-electron chi connectivity index (χ1n) is 10.2. The van der Waals surface area contributed by atoms with Gasteiger partial charge in [0, 0.05) is 30.8 Å². The number of hydrogen-bond acceptors (Lipinski definition) is 3. The van der Waals surface area contributed by atoms with Gasteiger partial charge < -0.3 is 5.11 Å². The number of ketones is 1. The van der Waals surface area contributed by atoms with Crippen molar-refractivity contribution in [1.82, 2.24) is 4.90 Å². The first-order chi connectivity index (χ1) is 12.1. The fourth-order valence-electron chi connectivity index (χ4n) is 6.44. The molecule has 2 saturated carbocycles. The van der Waals surface area contributed by atoms with Crippen LogP contribution in [0, 0.1) is 17.8 Å². The minimum absolute atomic E-state index is 0.0208. The van der Waals surface area contributed by atoms with Crippen LogP contribution in [-0.2, 0) is 16.6 Å². The number of piperidine rings is 1. The average molecular weight is 339 g/mol. The molecule has 0 radical (unpaired) electrons. The molecule has 25 heavy (non-hydrogen) atoms. The molecule has 1 N–H and O–H groups in total. The lowest BCUT2D eigenvalue weighted by Gasteiger charge is -2.61. The largest absolute Gasteiger partial charge is 0.508 e. The van der Waals surface area contributed by atoms with E-state index in [1.807, 2.05) is 12.1 Å². The Morgan fingerprint density at radius 2 is 2.12 bits per heavy atom. The van der Waals surface area contributed by atoms with Gasteiger partial charge in [0.05, 0.1) is 0 Å². The zero-order chi connectivity index (χ0) is 17.2. The Kier molecular flexibility index (Phi) is 3.54. The van der Waals surface area contributed by atoms with E-state index in [4.69, 9.17) is 0 Å². The molecule has 3 heteroatoms. The molecule has 0 spiro atoms. The first-order valence-corrected chi connectivity index (χ1v) is 10.2. The number of aromatic hydroxyl groups is 1. The van der Waals surface area contributed by atoms with Crippen LogP contribution in [0.1, 0.15) is 56.6 Å². The Balaban J connectivity index is 1.63. The lowest BCUT2D eigenvalue weighted by Crippen LogP contribution is -2.64. The summed E-state index contributed by atoms with van der Waals surface area (Å²) in [5.41, 5.74) is 2.66. The lowest BCUT2D eigenvalue weighted by atomic mass is 9.49. The second kappa shape index (κ2) is 5.57. The molecule has 4 aliphatic rings. The van der Waals surface area contributed by atoms with Crippen molar-refractivity contribution in [3.05, 3.63) is 29.3 Å². The molecule has 3 aliphatic carbocycles. The van der Waals surface area contributed by atoms with Crippen LogP contribution in [0.5, 0.6) is 5.75 Å². The van der Waals surface area contributed by atoms with Gasteiger partial charge in [-0.3, -0.25) is 9.69 Å². The maximum Gasteiger partial charge on any atom is 0.134 e. The van der Waals surface area contributed by atoms with E-state index in [1.54, 1.807) is 0 Å². The van der Waals surface area contributed by atoms with Gasteiger partial charge in [-0.1, -0.05) is 19.4 Å². The summed E-state index contributed by atoms with van der Waals surface area (Å²) in [6, 6.07) is 6.53. The Hall–Kier alpha value is -1.35. The van der Waals surface area contributed by atoms with Crippen LogP contribution >= 0.6 is 0 Å². The number of phenols is 1. The molecular weight excluding hydrogens is 310 g/mol. The van der Waals surface area contributed by atoms with E-state index in [-0.39, 0.29) is 5.41 Å². The van der Waals surface area contributed by atoms with Crippen LogP contribution in [0.4, 0.5) is 0 Å². The first kappa shape index (κ1) is 15.9. The summed E-state index contributed by atoms with van der Waals surface area (Å²) < 4.78 is 0. The molecule has 1 aliphatic heterocycles. The van der Waals surface area contributed by atoms with Gasteiger partial charge in [0.25, 0.3) is 0 Å². The summed E-state index contributed by atoms with van der Waals surface area (Å²) in [5, 5.41) is 10.1. The van der Waals surface area contributed by atoms with Gasteiger partial charge in [-0.25, -0.2) is 0 Å². The monoisotopic (exact) mass is 339 g/mol. The predicted octanol–water partition coefficient (Wildman–Crippen LogP) is 3.68. The van der Waals surface area contributed by atoms with E-state index >= 15 is 0 Å². The third-order valence-corrected chi connectivity index (χ3v) is 7.65. The molecule has 4 atom stereocenters.